The van der Waals surface area contributed by atoms with E-state index >= 15 is 0 Å². The maximum absolute atomic E-state index is 12.1. The summed E-state index contributed by atoms with van der Waals surface area (Å²) in [4.78, 5) is 26.1. The van der Waals surface area contributed by atoms with Crippen molar-refractivity contribution < 1.29 is 4.79 Å². The van der Waals surface area contributed by atoms with Gasteiger partial charge in [0.2, 0.25) is 5.91 Å². The first-order valence-electron chi connectivity index (χ1n) is 7.00. The molecule has 112 valence electrons. The number of rotatable bonds is 7. The van der Waals surface area contributed by atoms with E-state index in [0.717, 1.165) is 12.1 Å². The van der Waals surface area contributed by atoms with Gasteiger partial charge in [-0.2, -0.15) is 5.10 Å². The lowest BCUT2D eigenvalue weighted by Crippen LogP contribution is -2.36. The van der Waals surface area contributed by atoms with Crippen molar-refractivity contribution in [1.82, 2.24) is 29.6 Å². The van der Waals surface area contributed by atoms with Gasteiger partial charge in [-0.3, -0.25) is 19.4 Å². The maximum atomic E-state index is 12.1. The number of carbonyl (C=O) groups is 1. The molecule has 0 saturated heterocycles. The van der Waals surface area contributed by atoms with E-state index in [4.69, 9.17) is 0 Å². The Labute approximate surface area is 124 Å². The molecular formula is C14H20N6O. The standard InChI is InChI=1S/C14H20N6O/c1-12(8-13-9-15-5-6-17-13)19(2)14(21)4-3-7-20-11-16-10-18-20/h5-6,9-12H,3-4,7-8H2,1-2H3. The molecule has 0 fully saturated rings. The predicted molar refractivity (Wildman–Crippen MR) is 77.2 cm³/mol. The van der Waals surface area contributed by atoms with Crippen LogP contribution < -0.4 is 0 Å². The molecule has 0 aromatic carbocycles. The number of aromatic nitrogens is 5. The molecule has 2 aromatic rings. The smallest absolute Gasteiger partial charge is 0.222 e. The van der Waals surface area contributed by atoms with E-state index in [9.17, 15) is 4.79 Å². The van der Waals surface area contributed by atoms with Crippen molar-refractivity contribution in [2.75, 3.05) is 7.05 Å². The molecular weight excluding hydrogens is 268 g/mol. The molecule has 21 heavy (non-hydrogen) atoms. The normalized spacial score (nSPS) is 12.1. The molecule has 0 spiro atoms. The van der Waals surface area contributed by atoms with Gasteiger partial charge in [-0.05, 0) is 13.3 Å². The van der Waals surface area contributed by atoms with E-state index in [1.807, 2.05) is 14.0 Å². The van der Waals surface area contributed by atoms with Crippen LogP contribution in [0.1, 0.15) is 25.5 Å². The lowest BCUT2D eigenvalue weighted by Gasteiger charge is -2.24. The molecule has 0 aliphatic rings. The van der Waals surface area contributed by atoms with Gasteiger partial charge in [0, 0.05) is 51.1 Å². The molecule has 0 aliphatic carbocycles. The van der Waals surface area contributed by atoms with Crippen LogP contribution in [0.25, 0.3) is 0 Å². The molecule has 1 amide bonds. The number of likely N-dealkylation sites (N-methyl/N-ethyl adjacent to an activating group) is 1. The fourth-order valence-electron chi connectivity index (χ4n) is 2.04. The average molecular weight is 288 g/mol. The fourth-order valence-corrected chi connectivity index (χ4v) is 2.04. The number of amides is 1. The number of hydrogen-bond acceptors (Lipinski definition) is 5. The summed E-state index contributed by atoms with van der Waals surface area (Å²) in [6.45, 7) is 2.72. The van der Waals surface area contributed by atoms with Gasteiger partial charge < -0.3 is 4.90 Å². The second kappa shape index (κ2) is 7.47. The van der Waals surface area contributed by atoms with Crippen LogP contribution in [-0.2, 0) is 17.8 Å². The fraction of sp³-hybridized carbons (Fsp3) is 0.500. The highest BCUT2D eigenvalue weighted by Crippen LogP contribution is 2.07. The Hall–Kier alpha value is -2.31. The number of hydrogen-bond donors (Lipinski definition) is 0. The van der Waals surface area contributed by atoms with Crippen LogP contribution in [0.3, 0.4) is 0 Å². The molecule has 2 heterocycles. The van der Waals surface area contributed by atoms with Crippen LogP contribution in [0.5, 0.6) is 0 Å². The zero-order chi connectivity index (χ0) is 15.1. The van der Waals surface area contributed by atoms with E-state index < -0.39 is 0 Å². The largest absolute Gasteiger partial charge is 0.343 e. The summed E-state index contributed by atoms with van der Waals surface area (Å²) in [7, 11) is 1.83. The highest BCUT2D eigenvalue weighted by atomic mass is 16.2. The van der Waals surface area contributed by atoms with E-state index in [2.05, 4.69) is 20.1 Å². The van der Waals surface area contributed by atoms with Crippen LogP contribution in [-0.4, -0.2) is 48.6 Å². The minimum absolute atomic E-state index is 0.0978. The minimum atomic E-state index is 0.0978. The third-order valence-electron chi connectivity index (χ3n) is 3.42. The van der Waals surface area contributed by atoms with Gasteiger partial charge in [-0.15, -0.1) is 0 Å². The van der Waals surface area contributed by atoms with Crippen LogP contribution in [0.4, 0.5) is 0 Å². The Balaban J connectivity index is 1.75. The highest BCUT2D eigenvalue weighted by Gasteiger charge is 2.16. The maximum Gasteiger partial charge on any atom is 0.222 e. The lowest BCUT2D eigenvalue weighted by atomic mass is 10.1. The Kier molecular flexibility index (Phi) is 5.36. The molecule has 0 saturated carbocycles. The van der Waals surface area contributed by atoms with E-state index in [1.54, 1.807) is 34.5 Å². The van der Waals surface area contributed by atoms with Crippen molar-refractivity contribution in [1.29, 1.82) is 0 Å². The van der Waals surface area contributed by atoms with Gasteiger partial charge in [0.15, 0.2) is 0 Å². The molecule has 0 N–H and O–H groups in total. The van der Waals surface area contributed by atoms with Crippen LogP contribution >= 0.6 is 0 Å². The molecule has 7 nitrogen and oxygen atoms in total. The quantitative estimate of drug-likeness (QED) is 0.757. The van der Waals surface area contributed by atoms with Crippen molar-refractivity contribution in [2.24, 2.45) is 0 Å². The van der Waals surface area contributed by atoms with Crippen molar-refractivity contribution >= 4 is 5.91 Å². The molecule has 0 bridgehead atoms. The van der Waals surface area contributed by atoms with Crippen LogP contribution in [0.2, 0.25) is 0 Å². The molecule has 2 aromatic heterocycles. The Morgan fingerprint density at radius 2 is 2.24 bits per heavy atom. The van der Waals surface area contributed by atoms with Crippen molar-refractivity contribution in [3.05, 3.63) is 36.9 Å². The molecule has 2 rings (SSSR count). The third-order valence-corrected chi connectivity index (χ3v) is 3.42. The van der Waals surface area contributed by atoms with Gasteiger partial charge in [0.25, 0.3) is 0 Å². The summed E-state index contributed by atoms with van der Waals surface area (Å²) in [5, 5.41) is 4.01. The molecule has 7 heteroatoms. The van der Waals surface area contributed by atoms with Gasteiger partial charge in [-0.1, -0.05) is 0 Å². The number of nitrogens with zero attached hydrogens (tertiary/aromatic N) is 6. The summed E-state index contributed by atoms with van der Waals surface area (Å²) in [5.41, 5.74) is 0.896. The topological polar surface area (TPSA) is 76.8 Å². The van der Waals surface area contributed by atoms with Gasteiger partial charge in [0.05, 0.1) is 5.69 Å². The van der Waals surface area contributed by atoms with Gasteiger partial charge >= 0.3 is 0 Å². The van der Waals surface area contributed by atoms with Gasteiger partial charge in [-0.25, -0.2) is 4.98 Å². The second-order valence-electron chi connectivity index (χ2n) is 5.02. The van der Waals surface area contributed by atoms with E-state index in [1.165, 1.54) is 6.33 Å². The Morgan fingerprint density at radius 3 is 2.90 bits per heavy atom. The van der Waals surface area contributed by atoms with Crippen LogP contribution in [0, 0.1) is 0 Å². The summed E-state index contributed by atoms with van der Waals surface area (Å²) in [5.74, 6) is 0.131. The third kappa shape index (κ3) is 4.62. The predicted octanol–water partition coefficient (Wildman–Crippen LogP) is 0.938. The SMILES string of the molecule is CC(Cc1cnccn1)N(C)C(=O)CCCn1cncn1. The van der Waals surface area contributed by atoms with Crippen molar-refractivity contribution in [3.8, 4) is 0 Å². The molecule has 0 aliphatic heterocycles. The van der Waals surface area contributed by atoms with E-state index in [0.29, 0.717) is 19.4 Å². The van der Waals surface area contributed by atoms with Crippen molar-refractivity contribution in [2.45, 2.75) is 38.8 Å². The monoisotopic (exact) mass is 288 g/mol. The molecule has 1 atom stereocenters. The first-order valence-corrected chi connectivity index (χ1v) is 7.00. The molecule has 0 radical (unpaired) electrons. The minimum Gasteiger partial charge on any atom is -0.343 e. The second-order valence-corrected chi connectivity index (χ2v) is 5.02. The number of aryl methyl sites for hydroxylation is 1. The zero-order valence-electron chi connectivity index (χ0n) is 12.4. The van der Waals surface area contributed by atoms with E-state index in [-0.39, 0.29) is 11.9 Å². The summed E-state index contributed by atoms with van der Waals surface area (Å²) < 4.78 is 1.73. The zero-order valence-corrected chi connectivity index (χ0v) is 12.4. The van der Waals surface area contributed by atoms with Crippen molar-refractivity contribution in [3.63, 3.8) is 0 Å². The van der Waals surface area contributed by atoms with Gasteiger partial charge in [0.1, 0.15) is 12.7 Å². The molecule has 1 unspecified atom stereocenters. The Morgan fingerprint density at radius 1 is 1.38 bits per heavy atom. The summed E-state index contributed by atoms with van der Waals surface area (Å²) in [6, 6.07) is 0.0978. The number of carbonyl (C=O) groups excluding carboxylic acids is 1. The summed E-state index contributed by atoms with van der Waals surface area (Å²) in [6.07, 6.45) is 10.2. The average Bonchev–Trinajstić information content (AvgIpc) is 3.00. The lowest BCUT2D eigenvalue weighted by molar-refractivity contribution is -0.131. The Bertz CT molecular complexity index is 542. The first-order chi connectivity index (χ1) is 10.2. The van der Waals surface area contributed by atoms with Crippen LogP contribution in [0.15, 0.2) is 31.2 Å². The first kappa shape index (κ1) is 15.1. The summed E-state index contributed by atoms with van der Waals surface area (Å²) >= 11 is 0. The highest BCUT2D eigenvalue weighted by molar-refractivity contribution is 5.76.